The van der Waals surface area contributed by atoms with E-state index >= 15 is 0 Å². The zero-order valence-corrected chi connectivity index (χ0v) is 13.8. The van der Waals surface area contributed by atoms with E-state index in [9.17, 15) is 9.18 Å². The van der Waals surface area contributed by atoms with Gasteiger partial charge in [-0.15, -0.1) is 0 Å². The van der Waals surface area contributed by atoms with Crippen LogP contribution in [0.1, 0.15) is 11.3 Å². The summed E-state index contributed by atoms with van der Waals surface area (Å²) in [7, 11) is 0. The molecule has 0 saturated carbocycles. The molecule has 0 radical (unpaired) electrons. The largest absolute Gasteiger partial charge is 0.455 e. The lowest BCUT2D eigenvalue weighted by Gasteiger charge is -2.00. The molecule has 0 aliphatic heterocycles. The average molecular weight is 357 g/mol. The molecule has 4 nitrogen and oxygen atoms in total. The van der Waals surface area contributed by atoms with E-state index in [-0.39, 0.29) is 18.1 Å². The molecule has 25 heavy (non-hydrogen) atoms. The smallest absolute Gasteiger partial charge is 0.244 e. The van der Waals surface area contributed by atoms with Gasteiger partial charge < -0.3 is 4.42 Å². The van der Waals surface area contributed by atoms with Crippen LogP contribution in [0.2, 0.25) is 5.02 Å². The van der Waals surface area contributed by atoms with E-state index in [4.69, 9.17) is 16.0 Å². The quantitative estimate of drug-likeness (QED) is 0.543. The molecular weight excluding hydrogens is 343 g/mol. The Kier molecular flexibility index (Phi) is 5.26. The first-order chi connectivity index (χ1) is 12.1. The minimum atomic E-state index is -0.305. The number of benzene rings is 2. The number of nitrogens with one attached hydrogen (secondary N) is 1. The van der Waals surface area contributed by atoms with Crippen LogP contribution < -0.4 is 5.43 Å². The monoisotopic (exact) mass is 356 g/mol. The number of carbonyl (C=O) groups is 1. The number of hydrazone groups is 1. The summed E-state index contributed by atoms with van der Waals surface area (Å²) < 4.78 is 18.5. The van der Waals surface area contributed by atoms with Gasteiger partial charge in [0.15, 0.2) is 0 Å². The minimum absolute atomic E-state index is 0.202. The highest BCUT2D eigenvalue weighted by Gasteiger charge is 2.05. The maximum atomic E-state index is 12.9. The number of rotatable bonds is 5. The molecule has 0 fully saturated rings. The molecule has 0 bridgehead atoms. The van der Waals surface area contributed by atoms with Gasteiger partial charge in [-0.3, -0.25) is 4.79 Å². The molecule has 3 aromatic rings. The van der Waals surface area contributed by atoms with E-state index in [0.29, 0.717) is 16.5 Å². The summed E-state index contributed by atoms with van der Waals surface area (Å²) in [5, 5.41) is 4.49. The van der Waals surface area contributed by atoms with Crippen LogP contribution in [0.25, 0.3) is 11.3 Å². The topological polar surface area (TPSA) is 54.6 Å². The van der Waals surface area contributed by atoms with Crippen molar-refractivity contribution in [2.24, 2.45) is 5.10 Å². The second-order valence-electron chi connectivity index (χ2n) is 5.31. The number of furan rings is 1. The lowest BCUT2D eigenvalue weighted by molar-refractivity contribution is -0.120. The molecule has 1 heterocycles. The van der Waals surface area contributed by atoms with Crippen molar-refractivity contribution in [3.8, 4) is 11.3 Å². The highest BCUT2D eigenvalue weighted by molar-refractivity contribution is 6.30. The molecule has 0 unspecified atom stereocenters. The fraction of sp³-hybridized carbons (Fsp3) is 0.0526. The van der Waals surface area contributed by atoms with Gasteiger partial charge in [0.1, 0.15) is 17.3 Å². The standard InChI is InChI=1S/C19H14ClFN2O2/c20-15-5-1-13(2-6-15)11-19(24)23-22-12-17-9-10-18(25-17)14-3-7-16(21)8-4-14/h1-10,12H,11H2,(H,23,24)/b22-12-. The molecule has 0 aliphatic carbocycles. The molecule has 0 atom stereocenters. The molecule has 0 spiro atoms. The Morgan fingerprint density at radius 2 is 1.80 bits per heavy atom. The minimum Gasteiger partial charge on any atom is -0.455 e. The molecular formula is C19H14ClFN2O2. The zero-order valence-electron chi connectivity index (χ0n) is 13.1. The fourth-order valence-electron chi connectivity index (χ4n) is 2.19. The first-order valence-corrected chi connectivity index (χ1v) is 7.90. The second kappa shape index (κ2) is 7.77. The van der Waals surface area contributed by atoms with Gasteiger partial charge in [-0.1, -0.05) is 23.7 Å². The van der Waals surface area contributed by atoms with E-state index < -0.39 is 0 Å². The van der Waals surface area contributed by atoms with E-state index in [0.717, 1.165) is 11.1 Å². The van der Waals surface area contributed by atoms with Gasteiger partial charge in [0.2, 0.25) is 5.91 Å². The molecule has 0 aliphatic rings. The Morgan fingerprint density at radius 1 is 1.08 bits per heavy atom. The summed E-state index contributed by atoms with van der Waals surface area (Å²) in [5.41, 5.74) is 4.04. The summed E-state index contributed by atoms with van der Waals surface area (Å²) in [6.45, 7) is 0. The predicted octanol–water partition coefficient (Wildman–Crippen LogP) is 4.43. The molecule has 2 aromatic carbocycles. The molecule has 6 heteroatoms. The van der Waals surface area contributed by atoms with Gasteiger partial charge in [-0.05, 0) is 54.1 Å². The summed E-state index contributed by atoms with van der Waals surface area (Å²) in [6.07, 6.45) is 1.61. The third kappa shape index (κ3) is 4.78. The van der Waals surface area contributed by atoms with Crippen LogP contribution in [0.15, 0.2) is 70.2 Å². The third-order valence-corrected chi connectivity index (χ3v) is 3.67. The van der Waals surface area contributed by atoms with E-state index in [1.807, 2.05) is 0 Å². The van der Waals surface area contributed by atoms with Crippen molar-refractivity contribution in [2.75, 3.05) is 0 Å². The van der Waals surface area contributed by atoms with Crippen LogP contribution in [-0.4, -0.2) is 12.1 Å². The molecule has 126 valence electrons. The van der Waals surface area contributed by atoms with Gasteiger partial charge in [0.25, 0.3) is 0 Å². The normalized spacial score (nSPS) is 11.0. The van der Waals surface area contributed by atoms with Gasteiger partial charge in [-0.25, -0.2) is 9.82 Å². The van der Waals surface area contributed by atoms with Gasteiger partial charge in [0.05, 0.1) is 12.6 Å². The lowest BCUT2D eigenvalue weighted by atomic mass is 10.1. The summed E-state index contributed by atoms with van der Waals surface area (Å²) in [6, 6.07) is 16.5. The molecule has 1 N–H and O–H groups in total. The number of amides is 1. The van der Waals surface area contributed by atoms with Crippen LogP contribution in [0.4, 0.5) is 4.39 Å². The highest BCUT2D eigenvalue weighted by Crippen LogP contribution is 2.21. The van der Waals surface area contributed by atoms with Crippen LogP contribution in [0.5, 0.6) is 0 Å². The molecule has 3 rings (SSSR count). The Balaban J connectivity index is 1.56. The van der Waals surface area contributed by atoms with Crippen molar-refractivity contribution in [1.82, 2.24) is 5.43 Å². The first kappa shape index (κ1) is 16.9. The maximum absolute atomic E-state index is 12.9. The summed E-state index contributed by atoms with van der Waals surface area (Å²) in [5.74, 6) is 0.518. The van der Waals surface area contributed by atoms with Gasteiger partial charge >= 0.3 is 0 Å². The van der Waals surface area contributed by atoms with Crippen LogP contribution >= 0.6 is 11.6 Å². The first-order valence-electron chi connectivity index (χ1n) is 7.52. The highest BCUT2D eigenvalue weighted by atomic mass is 35.5. The Bertz CT molecular complexity index is 887. The SMILES string of the molecule is O=C(Cc1ccc(Cl)cc1)N/N=C\c1ccc(-c2ccc(F)cc2)o1. The van der Waals surface area contributed by atoms with E-state index in [1.165, 1.54) is 18.3 Å². The van der Waals surface area contributed by atoms with Crippen LogP contribution in [0.3, 0.4) is 0 Å². The number of hydrogen-bond acceptors (Lipinski definition) is 3. The van der Waals surface area contributed by atoms with Gasteiger partial charge in [-0.2, -0.15) is 5.10 Å². The summed E-state index contributed by atoms with van der Waals surface area (Å²) >= 11 is 5.80. The Labute approximate surface area is 148 Å². The van der Waals surface area contributed by atoms with E-state index in [1.54, 1.807) is 48.5 Å². The fourth-order valence-corrected chi connectivity index (χ4v) is 2.31. The van der Waals surface area contributed by atoms with Crippen LogP contribution in [0, 0.1) is 5.82 Å². The second-order valence-corrected chi connectivity index (χ2v) is 5.74. The maximum Gasteiger partial charge on any atom is 0.244 e. The molecule has 1 aromatic heterocycles. The predicted molar refractivity (Wildman–Crippen MR) is 95.0 cm³/mol. The van der Waals surface area contributed by atoms with Crippen LogP contribution in [-0.2, 0) is 11.2 Å². The number of halogens is 2. The number of hydrogen-bond donors (Lipinski definition) is 1. The molecule has 1 amide bonds. The number of carbonyl (C=O) groups excluding carboxylic acids is 1. The Morgan fingerprint density at radius 3 is 2.52 bits per heavy atom. The molecule has 0 saturated heterocycles. The lowest BCUT2D eigenvalue weighted by Crippen LogP contribution is -2.19. The number of nitrogens with zero attached hydrogens (tertiary/aromatic N) is 1. The zero-order chi connectivity index (χ0) is 17.6. The van der Waals surface area contributed by atoms with E-state index in [2.05, 4.69) is 10.5 Å². The van der Waals surface area contributed by atoms with Crippen molar-refractivity contribution in [3.63, 3.8) is 0 Å². The Hall–Kier alpha value is -2.92. The van der Waals surface area contributed by atoms with Crippen molar-refractivity contribution in [2.45, 2.75) is 6.42 Å². The van der Waals surface area contributed by atoms with Crippen molar-refractivity contribution < 1.29 is 13.6 Å². The summed E-state index contributed by atoms with van der Waals surface area (Å²) in [4.78, 5) is 11.8. The van der Waals surface area contributed by atoms with Crippen molar-refractivity contribution >= 4 is 23.7 Å². The third-order valence-electron chi connectivity index (χ3n) is 3.41. The van der Waals surface area contributed by atoms with Crippen molar-refractivity contribution in [3.05, 3.63) is 82.8 Å². The van der Waals surface area contributed by atoms with Gasteiger partial charge in [0, 0.05) is 10.6 Å². The average Bonchev–Trinajstić information content (AvgIpc) is 3.06. The van der Waals surface area contributed by atoms with Crippen molar-refractivity contribution in [1.29, 1.82) is 0 Å².